The van der Waals surface area contributed by atoms with Gasteiger partial charge in [-0.3, -0.25) is 4.79 Å². The highest BCUT2D eigenvalue weighted by Crippen LogP contribution is 2.22. The highest BCUT2D eigenvalue weighted by Gasteiger charge is 2.24. The summed E-state index contributed by atoms with van der Waals surface area (Å²) in [5.41, 5.74) is 6.25. The normalized spacial score (nSPS) is 14.2. The molecule has 29 heavy (non-hydrogen) atoms. The minimum Gasteiger partial charge on any atom is -0.353 e. The Morgan fingerprint density at radius 3 is 2.21 bits per heavy atom. The van der Waals surface area contributed by atoms with Crippen molar-refractivity contribution in [1.29, 1.82) is 0 Å². The van der Waals surface area contributed by atoms with E-state index in [4.69, 9.17) is 0 Å². The minimum atomic E-state index is 0.116. The molecular formula is C24H26N4O. The molecule has 1 saturated heterocycles. The molecular weight excluding hydrogens is 360 g/mol. The molecule has 1 aliphatic rings. The number of hydrogen-bond donors (Lipinski definition) is 0. The number of amides is 1. The molecule has 2 aromatic carbocycles. The zero-order valence-corrected chi connectivity index (χ0v) is 17.2. The Morgan fingerprint density at radius 2 is 1.52 bits per heavy atom. The van der Waals surface area contributed by atoms with Crippen molar-refractivity contribution in [3.8, 4) is 11.3 Å². The number of aromatic nitrogens is 2. The van der Waals surface area contributed by atoms with E-state index in [1.165, 1.54) is 11.1 Å². The molecule has 0 bridgehead atoms. The van der Waals surface area contributed by atoms with Gasteiger partial charge in [-0.25, -0.2) is 9.97 Å². The van der Waals surface area contributed by atoms with Gasteiger partial charge in [0, 0.05) is 43.4 Å². The first-order chi connectivity index (χ1) is 14.0. The lowest BCUT2D eigenvalue weighted by Gasteiger charge is -2.35. The van der Waals surface area contributed by atoms with Crippen LogP contribution in [0.2, 0.25) is 0 Å². The Kier molecular flexibility index (Phi) is 5.30. The van der Waals surface area contributed by atoms with E-state index >= 15 is 0 Å². The lowest BCUT2D eigenvalue weighted by molar-refractivity contribution is 0.0746. The largest absolute Gasteiger partial charge is 0.353 e. The van der Waals surface area contributed by atoms with Crippen LogP contribution in [-0.4, -0.2) is 47.0 Å². The molecule has 1 aliphatic heterocycles. The molecule has 1 fully saturated rings. The van der Waals surface area contributed by atoms with Crippen LogP contribution in [0.5, 0.6) is 0 Å². The molecule has 4 rings (SSSR count). The van der Waals surface area contributed by atoms with Crippen LogP contribution in [0.25, 0.3) is 11.3 Å². The second-order valence-electron chi connectivity index (χ2n) is 7.73. The fourth-order valence-electron chi connectivity index (χ4n) is 3.76. The average Bonchev–Trinajstić information content (AvgIpc) is 2.74. The Morgan fingerprint density at radius 1 is 0.828 bits per heavy atom. The van der Waals surface area contributed by atoms with Gasteiger partial charge in [-0.15, -0.1) is 0 Å². The predicted octanol–water partition coefficient (Wildman–Crippen LogP) is 4.03. The molecule has 5 heteroatoms. The van der Waals surface area contributed by atoms with Crippen LogP contribution in [0.15, 0.2) is 54.9 Å². The number of benzene rings is 2. The summed E-state index contributed by atoms with van der Waals surface area (Å²) in [6.07, 6.45) is 1.62. The number of anilines is 1. The first kappa shape index (κ1) is 19.1. The number of rotatable bonds is 3. The smallest absolute Gasteiger partial charge is 0.254 e. The van der Waals surface area contributed by atoms with E-state index in [0.29, 0.717) is 13.1 Å². The Bertz CT molecular complexity index is 1020. The van der Waals surface area contributed by atoms with Gasteiger partial charge in [0.25, 0.3) is 5.91 Å². The summed E-state index contributed by atoms with van der Waals surface area (Å²) < 4.78 is 0. The van der Waals surface area contributed by atoms with E-state index < -0.39 is 0 Å². The molecule has 148 valence electrons. The molecule has 5 nitrogen and oxygen atoms in total. The number of hydrogen-bond acceptors (Lipinski definition) is 4. The molecule has 1 aromatic heterocycles. The summed E-state index contributed by atoms with van der Waals surface area (Å²) in [6.45, 7) is 9.04. The lowest BCUT2D eigenvalue weighted by atomic mass is 10.0. The van der Waals surface area contributed by atoms with Crippen molar-refractivity contribution in [3.63, 3.8) is 0 Å². The molecule has 1 amide bonds. The maximum atomic E-state index is 12.9. The fourth-order valence-corrected chi connectivity index (χ4v) is 3.76. The molecule has 0 saturated carbocycles. The van der Waals surface area contributed by atoms with Gasteiger partial charge < -0.3 is 9.80 Å². The molecule has 0 atom stereocenters. The summed E-state index contributed by atoms with van der Waals surface area (Å²) in [4.78, 5) is 26.0. The van der Waals surface area contributed by atoms with Crippen molar-refractivity contribution >= 4 is 11.7 Å². The van der Waals surface area contributed by atoms with Crippen LogP contribution in [0.3, 0.4) is 0 Å². The van der Waals surface area contributed by atoms with E-state index in [1.54, 1.807) is 6.33 Å². The van der Waals surface area contributed by atoms with Crippen LogP contribution < -0.4 is 4.90 Å². The zero-order chi connectivity index (χ0) is 20.4. The second kappa shape index (κ2) is 8.03. The molecule has 0 unspecified atom stereocenters. The van der Waals surface area contributed by atoms with Crippen molar-refractivity contribution in [3.05, 3.63) is 77.1 Å². The van der Waals surface area contributed by atoms with Gasteiger partial charge in [-0.1, -0.05) is 47.5 Å². The molecule has 0 N–H and O–H groups in total. The monoisotopic (exact) mass is 386 g/mol. The number of piperazine rings is 1. The third-order valence-electron chi connectivity index (χ3n) is 5.50. The molecule has 2 heterocycles. The Balaban J connectivity index is 1.45. The molecule has 0 radical (unpaired) electrons. The van der Waals surface area contributed by atoms with E-state index in [0.717, 1.165) is 41.3 Å². The third kappa shape index (κ3) is 4.14. The van der Waals surface area contributed by atoms with E-state index in [2.05, 4.69) is 52.1 Å². The van der Waals surface area contributed by atoms with Crippen molar-refractivity contribution in [2.45, 2.75) is 20.8 Å². The van der Waals surface area contributed by atoms with Gasteiger partial charge in [0.05, 0.1) is 5.69 Å². The Labute approximate surface area is 172 Å². The summed E-state index contributed by atoms with van der Waals surface area (Å²) >= 11 is 0. The number of carbonyl (C=O) groups is 1. The van der Waals surface area contributed by atoms with Crippen LogP contribution >= 0.6 is 0 Å². The third-order valence-corrected chi connectivity index (χ3v) is 5.50. The van der Waals surface area contributed by atoms with E-state index in [-0.39, 0.29) is 5.91 Å². The van der Waals surface area contributed by atoms with Crippen molar-refractivity contribution in [2.24, 2.45) is 0 Å². The van der Waals surface area contributed by atoms with Crippen LogP contribution in [0.4, 0.5) is 5.82 Å². The van der Waals surface area contributed by atoms with Crippen molar-refractivity contribution in [1.82, 2.24) is 14.9 Å². The molecule has 0 spiro atoms. The quantitative estimate of drug-likeness (QED) is 0.682. The van der Waals surface area contributed by atoms with Crippen LogP contribution in [0.1, 0.15) is 27.0 Å². The van der Waals surface area contributed by atoms with Crippen LogP contribution in [-0.2, 0) is 0 Å². The minimum absolute atomic E-state index is 0.116. The highest BCUT2D eigenvalue weighted by atomic mass is 16.2. The first-order valence-electron chi connectivity index (χ1n) is 10.0. The second-order valence-corrected chi connectivity index (χ2v) is 7.73. The van der Waals surface area contributed by atoms with Crippen LogP contribution in [0, 0.1) is 20.8 Å². The molecule has 0 aliphatic carbocycles. The SMILES string of the molecule is Cc1ccc(-c2cc(N3CCN(C(=O)c4ccc(C)cc4C)CC3)ncn2)cc1. The Hall–Kier alpha value is -3.21. The number of aryl methyl sites for hydroxylation is 3. The first-order valence-corrected chi connectivity index (χ1v) is 10.0. The number of carbonyl (C=O) groups excluding carboxylic acids is 1. The summed E-state index contributed by atoms with van der Waals surface area (Å²) in [5.74, 6) is 1.03. The van der Waals surface area contributed by atoms with Crippen molar-refractivity contribution in [2.75, 3.05) is 31.1 Å². The van der Waals surface area contributed by atoms with Gasteiger partial charge in [-0.05, 0) is 32.4 Å². The van der Waals surface area contributed by atoms with Crippen molar-refractivity contribution < 1.29 is 4.79 Å². The van der Waals surface area contributed by atoms with Gasteiger partial charge >= 0.3 is 0 Å². The predicted molar refractivity (Wildman–Crippen MR) is 116 cm³/mol. The summed E-state index contributed by atoms with van der Waals surface area (Å²) in [5, 5.41) is 0. The van der Waals surface area contributed by atoms with E-state index in [1.807, 2.05) is 36.9 Å². The highest BCUT2D eigenvalue weighted by molar-refractivity contribution is 5.95. The molecule has 3 aromatic rings. The number of nitrogens with zero attached hydrogens (tertiary/aromatic N) is 4. The summed E-state index contributed by atoms with van der Waals surface area (Å²) in [6, 6.07) is 16.4. The standard InChI is InChI=1S/C24H26N4O/c1-17-4-7-20(8-5-17)22-15-23(26-16-25-22)27-10-12-28(13-11-27)24(29)21-9-6-18(2)14-19(21)3/h4-9,14-16H,10-13H2,1-3H3. The maximum absolute atomic E-state index is 12.9. The van der Waals surface area contributed by atoms with E-state index in [9.17, 15) is 4.79 Å². The van der Waals surface area contributed by atoms with Gasteiger partial charge in [0.1, 0.15) is 12.1 Å². The van der Waals surface area contributed by atoms with Gasteiger partial charge in [0.15, 0.2) is 0 Å². The average molecular weight is 386 g/mol. The summed E-state index contributed by atoms with van der Waals surface area (Å²) in [7, 11) is 0. The topological polar surface area (TPSA) is 49.3 Å². The van der Waals surface area contributed by atoms with Gasteiger partial charge in [0.2, 0.25) is 0 Å². The van der Waals surface area contributed by atoms with Gasteiger partial charge in [-0.2, -0.15) is 0 Å². The fraction of sp³-hybridized carbons (Fsp3) is 0.292. The zero-order valence-electron chi connectivity index (χ0n) is 17.2. The maximum Gasteiger partial charge on any atom is 0.254 e. The lowest BCUT2D eigenvalue weighted by Crippen LogP contribution is -2.49.